The van der Waals surface area contributed by atoms with E-state index in [2.05, 4.69) is 15.4 Å². The first-order valence-corrected chi connectivity index (χ1v) is 3.12. The molecule has 0 unspecified atom stereocenters. The molecule has 0 saturated carbocycles. The summed E-state index contributed by atoms with van der Waals surface area (Å²) in [5.74, 6) is 0. The number of rotatable bonds is 3. The summed E-state index contributed by atoms with van der Waals surface area (Å²) in [7, 11) is 0. The van der Waals surface area contributed by atoms with Crippen molar-refractivity contribution in [3.63, 3.8) is 0 Å². The van der Waals surface area contributed by atoms with Crippen LogP contribution in [0.1, 0.15) is 27.7 Å². The van der Waals surface area contributed by atoms with Crippen molar-refractivity contribution >= 4 is 0 Å². The van der Waals surface area contributed by atoms with Gasteiger partial charge in [0.05, 0.1) is 6.61 Å². The van der Waals surface area contributed by atoms with E-state index in [1.165, 1.54) is 0 Å². The first-order chi connectivity index (χ1) is 4.06. The van der Waals surface area contributed by atoms with E-state index >= 15 is 0 Å². The Bertz CT molecular complexity index is 67.9. The van der Waals surface area contributed by atoms with E-state index in [-0.39, 0.29) is 5.54 Å². The van der Waals surface area contributed by atoms with Crippen LogP contribution in [0.25, 0.3) is 0 Å². The Labute approximate surface area is 56.2 Å². The van der Waals surface area contributed by atoms with Gasteiger partial charge in [0.1, 0.15) is 0 Å². The Balaban J connectivity index is 3.07. The molecule has 3 nitrogen and oxygen atoms in total. The Kier molecular flexibility index (Phi) is 3.77. The van der Waals surface area contributed by atoms with Gasteiger partial charge in [-0.3, -0.25) is 0 Å². The molecule has 0 radical (unpaired) electrons. The summed E-state index contributed by atoms with van der Waals surface area (Å²) >= 11 is 0. The van der Waals surface area contributed by atoms with Crippen molar-refractivity contribution in [2.24, 2.45) is 0 Å². The summed E-state index contributed by atoms with van der Waals surface area (Å²) in [6.07, 6.45) is 0. The van der Waals surface area contributed by atoms with Gasteiger partial charge >= 0.3 is 0 Å². The molecule has 0 aromatic heterocycles. The molecule has 0 rings (SSSR count). The molecule has 0 aliphatic heterocycles. The quantitative estimate of drug-likeness (QED) is 0.357. The average Bonchev–Trinajstić information content (AvgIpc) is 1.63. The second-order valence-electron chi connectivity index (χ2n) is 2.84. The van der Waals surface area contributed by atoms with Gasteiger partial charge in [0.15, 0.2) is 0 Å². The second-order valence-corrected chi connectivity index (χ2v) is 2.84. The predicted molar refractivity (Wildman–Crippen MR) is 35.6 cm³/mol. The highest BCUT2D eigenvalue weighted by Crippen LogP contribution is 1.97. The van der Waals surface area contributed by atoms with Crippen molar-refractivity contribution < 1.29 is 9.88 Å². The molecule has 0 aliphatic rings. The molecule has 56 valence electrons. The summed E-state index contributed by atoms with van der Waals surface area (Å²) in [6.45, 7) is 8.40. The van der Waals surface area contributed by atoms with E-state index in [0.717, 1.165) is 0 Å². The van der Waals surface area contributed by atoms with Crippen LogP contribution in [-0.2, 0) is 9.88 Å². The van der Waals surface area contributed by atoms with Crippen LogP contribution in [0.4, 0.5) is 0 Å². The van der Waals surface area contributed by atoms with Crippen molar-refractivity contribution in [1.82, 2.24) is 5.48 Å². The molecule has 0 amide bonds. The Morgan fingerprint density at radius 3 is 2.22 bits per heavy atom. The van der Waals surface area contributed by atoms with E-state index in [1.54, 1.807) is 0 Å². The number of hydroxylamine groups is 1. The summed E-state index contributed by atoms with van der Waals surface area (Å²) in [5, 5.41) is 0. The smallest absolute Gasteiger partial charge is 0.0814 e. The van der Waals surface area contributed by atoms with Crippen molar-refractivity contribution in [1.29, 1.82) is 0 Å². The first-order valence-electron chi connectivity index (χ1n) is 3.12. The Morgan fingerprint density at radius 1 is 1.33 bits per heavy atom. The summed E-state index contributed by atoms with van der Waals surface area (Å²) in [4.78, 5) is 9.20. The van der Waals surface area contributed by atoms with E-state index in [0.29, 0.717) is 6.61 Å². The van der Waals surface area contributed by atoms with E-state index < -0.39 is 0 Å². The first kappa shape index (κ1) is 8.88. The molecular formula is C6H15NO2. The van der Waals surface area contributed by atoms with Gasteiger partial charge in [-0.1, -0.05) is 0 Å². The fourth-order valence-electron chi connectivity index (χ4n) is 0.213. The topological polar surface area (TPSA) is 30.5 Å². The lowest BCUT2D eigenvalue weighted by Gasteiger charge is -2.17. The second kappa shape index (κ2) is 3.82. The van der Waals surface area contributed by atoms with Crippen LogP contribution < -0.4 is 5.48 Å². The van der Waals surface area contributed by atoms with E-state index in [1.807, 2.05) is 27.7 Å². The molecule has 0 heterocycles. The molecule has 0 fully saturated rings. The number of hydrogen-bond donors (Lipinski definition) is 1. The Morgan fingerprint density at radius 2 is 1.89 bits per heavy atom. The van der Waals surface area contributed by atoms with Gasteiger partial charge in [0.2, 0.25) is 0 Å². The lowest BCUT2D eigenvalue weighted by Crippen LogP contribution is -2.35. The number of hydrogen-bond acceptors (Lipinski definition) is 3. The fraction of sp³-hybridized carbons (Fsp3) is 1.00. The van der Waals surface area contributed by atoms with Crippen molar-refractivity contribution in [3.05, 3.63) is 0 Å². The van der Waals surface area contributed by atoms with Crippen LogP contribution in [0.5, 0.6) is 0 Å². The molecule has 9 heavy (non-hydrogen) atoms. The fourth-order valence-corrected chi connectivity index (χ4v) is 0.213. The summed E-state index contributed by atoms with van der Waals surface area (Å²) in [5.41, 5.74) is 2.65. The third kappa shape index (κ3) is 7.88. The van der Waals surface area contributed by atoms with Gasteiger partial charge in [-0.2, -0.15) is 5.48 Å². The lowest BCUT2D eigenvalue weighted by molar-refractivity contribution is -0.345. The van der Waals surface area contributed by atoms with Gasteiger partial charge in [-0.25, -0.2) is 4.89 Å². The highest BCUT2D eigenvalue weighted by atomic mass is 17.3. The summed E-state index contributed by atoms with van der Waals surface area (Å²) < 4.78 is 0. The molecule has 3 heteroatoms. The standard InChI is InChI=1S/C6H15NO2/c1-5-8-9-7-6(2,3)4/h7H,5H2,1-4H3. The molecule has 0 bridgehead atoms. The molecule has 0 atom stereocenters. The number of nitrogens with one attached hydrogen (secondary N) is 1. The maximum Gasteiger partial charge on any atom is 0.0814 e. The van der Waals surface area contributed by atoms with Crippen LogP contribution in [0, 0.1) is 0 Å². The predicted octanol–water partition coefficient (Wildman–Crippen LogP) is 1.26. The van der Waals surface area contributed by atoms with Crippen molar-refractivity contribution in [3.8, 4) is 0 Å². The van der Waals surface area contributed by atoms with Gasteiger partial charge in [-0.05, 0) is 27.7 Å². The molecule has 0 spiro atoms. The zero-order valence-corrected chi connectivity index (χ0v) is 6.52. The zero-order valence-electron chi connectivity index (χ0n) is 6.52. The average molecular weight is 133 g/mol. The maximum absolute atomic E-state index is 4.60. The molecule has 1 N–H and O–H groups in total. The van der Waals surface area contributed by atoms with Gasteiger partial charge in [0, 0.05) is 5.54 Å². The SMILES string of the molecule is CCOONC(C)(C)C. The summed E-state index contributed by atoms with van der Waals surface area (Å²) in [6, 6.07) is 0. The van der Waals surface area contributed by atoms with E-state index in [4.69, 9.17) is 0 Å². The van der Waals surface area contributed by atoms with Crippen LogP contribution in [0.3, 0.4) is 0 Å². The van der Waals surface area contributed by atoms with Crippen molar-refractivity contribution in [2.75, 3.05) is 6.61 Å². The monoisotopic (exact) mass is 133 g/mol. The minimum atomic E-state index is -0.0465. The zero-order chi connectivity index (χ0) is 7.33. The minimum absolute atomic E-state index is 0.0465. The minimum Gasteiger partial charge on any atom is -0.218 e. The molecule has 0 aromatic rings. The maximum atomic E-state index is 4.60. The van der Waals surface area contributed by atoms with Crippen LogP contribution >= 0.6 is 0 Å². The molecule has 0 aliphatic carbocycles. The van der Waals surface area contributed by atoms with Gasteiger partial charge < -0.3 is 0 Å². The van der Waals surface area contributed by atoms with Crippen LogP contribution in [0.2, 0.25) is 0 Å². The van der Waals surface area contributed by atoms with Crippen LogP contribution in [-0.4, -0.2) is 12.1 Å². The van der Waals surface area contributed by atoms with Gasteiger partial charge in [0.25, 0.3) is 0 Å². The van der Waals surface area contributed by atoms with Crippen LogP contribution in [0.15, 0.2) is 0 Å². The molecule has 0 saturated heterocycles. The normalized spacial score (nSPS) is 12.0. The van der Waals surface area contributed by atoms with Gasteiger partial charge in [-0.15, -0.1) is 4.99 Å². The highest BCUT2D eigenvalue weighted by Gasteiger charge is 2.08. The largest absolute Gasteiger partial charge is 0.218 e. The molecule has 0 aromatic carbocycles. The van der Waals surface area contributed by atoms with E-state index in [9.17, 15) is 0 Å². The highest BCUT2D eigenvalue weighted by molar-refractivity contribution is 4.62. The molecular weight excluding hydrogens is 118 g/mol. The Hall–Kier alpha value is -0.120. The third-order valence-corrected chi connectivity index (χ3v) is 0.525. The lowest BCUT2D eigenvalue weighted by atomic mass is 10.1. The van der Waals surface area contributed by atoms with Crippen molar-refractivity contribution in [2.45, 2.75) is 33.2 Å². The third-order valence-electron chi connectivity index (χ3n) is 0.525.